The number of nitrogens with two attached hydrogens (primary N) is 1. The Bertz CT molecular complexity index is 294. The van der Waals surface area contributed by atoms with E-state index in [1.165, 1.54) is 0 Å². The number of ether oxygens (including phenoxy) is 1. The summed E-state index contributed by atoms with van der Waals surface area (Å²) in [4.78, 5) is 9.15. The average molecular weight is 286 g/mol. The summed E-state index contributed by atoms with van der Waals surface area (Å²) >= 11 is 1.99. The molecule has 2 heterocycles. The number of hydrogen-bond donors (Lipinski definition) is 1. The molecule has 0 aromatic heterocycles. The van der Waals surface area contributed by atoms with Crippen LogP contribution in [0.1, 0.15) is 13.3 Å². The monoisotopic (exact) mass is 286 g/mol. The third-order valence-corrected chi connectivity index (χ3v) is 4.65. The van der Waals surface area contributed by atoms with Gasteiger partial charge in [-0.05, 0) is 6.42 Å². The van der Waals surface area contributed by atoms with Gasteiger partial charge in [-0.1, -0.05) is 6.92 Å². The fraction of sp³-hybridized carbons (Fsp3) is 0.923. The number of morpholine rings is 1. The van der Waals surface area contributed by atoms with Crippen molar-refractivity contribution in [2.24, 2.45) is 10.7 Å². The normalized spacial score (nSPS) is 26.7. The number of thioether (sulfide) groups is 1. The minimum absolute atomic E-state index is 0.397. The first kappa shape index (κ1) is 14.9. The molecule has 0 radical (unpaired) electrons. The van der Waals surface area contributed by atoms with Crippen LogP contribution in [0.25, 0.3) is 0 Å². The van der Waals surface area contributed by atoms with Crippen LogP contribution in [0, 0.1) is 0 Å². The largest absolute Gasteiger partial charge is 0.376 e. The minimum Gasteiger partial charge on any atom is -0.376 e. The number of rotatable bonds is 4. The van der Waals surface area contributed by atoms with Gasteiger partial charge < -0.3 is 15.4 Å². The van der Waals surface area contributed by atoms with E-state index in [1.54, 1.807) is 0 Å². The Balaban J connectivity index is 1.69. The van der Waals surface area contributed by atoms with Crippen LogP contribution in [0.4, 0.5) is 0 Å². The molecule has 2 fully saturated rings. The first-order chi connectivity index (χ1) is 9.29. The Hall–Kier alpha value is -0.460. The highest BCUT2D eigenvalue weighted by Crippen LogP contribution is 2.09. The molecule has 2 saturated heterocycles. The van der Waals surface area contributed by atoms with Gasteiger partial charge in [0.15, 0.2) is 5.96 Å². The van der Waals surface area contributed by atoms with Crippen LogP contribution in [-0.4, -0.2) is 79.2 Å². The summed E-state index contributed by atoms with van der Waals surface area (Å²) in [5.41, 5.74) is 6.04. The van der Waals surface area contributed by atoms with Crippen molar-refractivity contribution in [1.29, 1.82) is 0 Å². The molecule has 2 aliphatic rings. The lowest BCUT2D eigenvalue weighted by molar-refractivity contribution is -0.0284. The second-order valence-corrected chi connectivity index (χ2v) is 6.27. The molecule has 0 aliphatic carbocycles. The van der Waals surface area contributed by atoms with Crippen molar-refractivity contribution in [3.05, 3.63) is 0 Å². The molecule has 0 aromatic carbocycles. The van der Waals surface area contributed by atoms with Crippen LogP contribution >= 0.6 is 11.8 Å². The van der Waals surface area contributed by atoms with E-state index in [0.29, 0.717) is 6.10 Å². The topological polar surface area (TPSA) is 54.1 Å². The summed E-state index contributed by atoms with van der Waals surface area (Å²) in [7, 11) is 0. The summed E-state index contributed by atoms with van der Waals surface area (Å²) in [5.74, 6) is 3.05. The zero-order valence-corrected chi connectivity index (χ0v) is 12.7. The zero-order chi connectivity index (χ0) is 13.5. The first-order valence-electron chi connectivity index (χ1n) is 7.26. The highest BCUT2D eigenvalue weighted by atomic mass is 32.2. The SMILES string of the molecule is CCC1CN(CCN=C(N)N2CCSCC2)CCO1. The van der Waals surface area contributed by atoms with E-state index in [1.807, 2.05) is 11.8 Å². The van der Waals surface area contributed by atoms with Crippen molar-refractivity contribution < 1.29 is 4.74 Å². The molecule has 19 heavy (non-hydrogen) atoms. The number of aliphatic imine (C=N–C) groups is 1. The third-order valence-electron chi connectivity index (χ3n) is 3.70. The zero-order valence-electron chi connectivity index (χ0n) is 11.9. The van der Waals surface area contributed by atoms with Crippen LogP contribution in [0.5, 0.6) is 0 Å². The standard InChI is InChI=1S/C13H26N4OS/c1-2-12-11-16(5-8-18-12)4-3-15-13(14)17-6-9-19-10-7-17/h12H,2-11H2,1H3,(H2,14,15). The number of nitrogens with zero attached hydrogens (tertiary/aromatic N) is 3. The van der Waals surface area contributed by atoms with Crippen LogP contribution in [0.2, 0.25) is 0 Å². The van der Waals surface area contributed by atoms with Gasteiger partial charge in [-0.3, -0.25) is 9.89 Å². The van der Waals surface area contributed by atoms with Gasteiger partial charge in [-0.15, -0.1) is 0 Å². The summed E-state index contributed by atoms with van der Waals surface area (Å²) in [6, 6.07) is 0. The summed E-state index contributed by atoms with van der Waals surface area (Å²) in [5, 5.41) is 0. The number of hydrogen-bond acceptors (Lipinski definition) is 4. The fourth-order valence-corrected chi connectivity index (χ4v) is 3.33. The molecular formula is C13H26N4OS. The average Bonchev–Trinajstić information content (AvgIpc) is 2.48. The first-order valence-corrected chi connectivity index (χ1v) is 8.41. The van der Waals surface area contributed by atoms with Crippen molar-refractivity contribution in [2.75, 3.05) is 57.4 Å². The van der Waals surface area contributed by atoms with Crippen LogP contribution in [-0.2, 0) is 4.74 Å². The van der Waals surface area contributed by atoms with Gasteiger partial charge in [-0.25, -0.2) is 0 Å². The Kier molecular flexibility index (Phi) is 6.26. The van der Waals surface area contributed by atoms with E-state index in [-0.39, 0.29) is 0 Å². The Morgan fingerprint density at radius 2 is 2.16 bits per heavy atom. The second-order valence-electron chi connectivity index (χ2n) is 5.04. The van der Waals surface area contributed by atoms with Crippen molar-refractivity contribution in [3.8, 4) is 0 Å². The molecule has 0 saturated carbocycles. The molecule has 0 spiro atoms. The quantitative estimate of drug-likeness (QED) is 0.601. The number of guanidine groups is 1. The van der Waals surface area contributed by atoms with Gasteiger partial charge in [-0.2, -0.15) is 11.8 Å². The van der Waals surface area contributed by atoms with Crippen molar-refractivity contribution in [2.45, 2.75) is 19.4 Å². The van der Waals surface area contributed by atoms with Crippen LogP contribution < -0.4 is 5.73 Å². The van der Waals surface area contributed by atoms with Crippen molar-refractivity contribution >= 4 is 17.7 Å². The smallest absolute Gasteiger partial charge is 0.191 e. The maximum Gasteiger partial charge on any atom is 0.191 e. The van der Waals surface area contributed by atoms with Gasteiger partial charge >= 0.3 is 0 Å². The van der Waals surface area contributed by atoms with E-state index in [9.17, 15) is 0 Å². The maximum atomic E-state index is 6.04. The molecule has 6 heteroatoms. The molecular weight excluding hydrogens is 260 g/mol. The van der Waals surface area contributed by atoms with Crippen molar-refractivity contribution in [3.63, 3.8) is 0 Å². The molecule has 5 nitrogen and oxygen atoms in total. The Morgan fingerprint density at radius 1 is 1.37 bits per heavy atom. The molecule has 0 bridgehead atoms. The lowest BCUT2D eigenvalue weighted by Crippen LogP contribution is -2.44. The molecule has 1 atom stereocenters. The van der Waals surface area contributed by atoms with Crippen LogP contribution in [0.3, 0.4) is 0 Å². The maximum absolute atomic E-state index is 6.04. The van der Waals surface area contributed by atoms with Gasteiger partial charge in [0.05, 0.1) is 19.3 Å². The third kappa shape index (κ3) is 4.85. The fourth-order valence-electron chi connectivity index (χ4n) is 2.43. The van der Waals surface area contributed by atoms with E-state index in [0.717, 1.165) is 69.8 Å². The van der Waals surface area contributed by atoms with E-state index >= 15 is 0 Å². The minimum atomic E-state index is 0.397. The molecule has 2 rings (SSSR count). The van der Waals surface area contributed by atoms with Crippen LogP contribution in [0.15, 0.2) is 4.99 Å². The van der Waals surface area contributed by atoms with Gasteiger partial charge in [0.1, 0.15) is 0 Å². The van der Waals surface area contributed by atoms with Gasteiger partial charge in [0.25, 0.3) is 0 Å². The van der Waals surface area contributed by atoms with Gasteiger partial charge in [0, 0.05) is 44.2 Å². The molecule has 2 aliphatic heterocycles. The van der Waals surface area contributed by atoms with Gasteiger partial charge in [0.2, 0.25) is 0 Å². The van der Waals surface area contributed by atoms with E-state index < -0.39 is 0 Å². The summed E-state index contributed by atoms with van der Waals surface area (Å²) in [6.45, 7) is 8.94. The molecule has 2 N–H and O–H groups in total. The highest BCUT2D eigenvalue weighted by Gasteiger charge is 2.18. The Morgan fingerprint density at radius 3 is 2.89 bits per heavy atom. The van der Waals surface area contributed by atoms with E-state index in [4.69, 9.17) is 10.5 Å². The molecule has 0 amide bonds. The summed E-state index contributed by atoms with van der Waals surface area (Å²) < 4.78 is 5.67. The lowest BCUT2D eigenvalue weighted by atomic mass is 10.2. The van der Waals surface area contributed by atoms with Crippen molar-refractivity contribution in [1.82, 2.24) is 9.80 Å². The molecule has 0 aromatic rings. The highest BCUT2D eigenvalue weighted by molar-refractivity contribution is 7.99. The Labute approximate surface area is 120 Å². The van der Waals surface area contributed by atoms with E-state index in [2.05, 4.69) is 21.7 Å². The molecule has 1 unspecified atom stereocenters. The predicted octanol–water partition coefficient (Wildman–Crippen LogP) is 0.461. The summed E-state index contributed by atoms with van der Waals surface area (Å²) in [6.07, 6.45) is 1.49. The second kappa shape index (κ2) is 7.97. The lowest BCUT2D eigenvalue weighted by Gasteiger charge is -2.32. The predicted molar refractivity (Wildman–Crippen MR) is 81.9 cm³/mol. The molecule has 110 valence electrons.